The number of rotatable bonds is 0. The molecule has 1 saturated carbocycles. The van der Waals surface area contributed by atoms with Gasteiger partial charge in [-0.05, 0) is 54.1 Å². The minimum absolute atomic E-state index is 0.0656. The van der Waals surface area contributed by atoms with E-state index >= 15 is 0 Å². The number of imide groups is 1. The summed E-state index contributed by atoms with van der Waals surface area (Å²) in [5.41, 5.74) is 2.79. The van der Waals surface area contributed by atoms with Gasteiger partial charge in [-0.25, -0.2) is 0 Å². The molecule has 0 aromatic heterocycles. The van der Waals surface area contributed by atoms with Crippen LogP contribution >= 0.6 is 0 Å². The van der Waals surface area contributed by atoms with Gasteiger partial charge in [0.25, 0.3) is 0 Å². The maximum absolute atomic E-state index is 11.9. The third kappa shape index (κ3) is 1.65. The van der Waals surface area contributed by atoms with Crippen LogP contribution in [-0.4, -0.2) is 11.8 Å². The molecule has 3 nitrogen and oxygen atoms in total. The summed E-state index contributed by atoms with van der Waals surface area (Å²) in [6, 6.07) is 8.63. The number of fused-ring (bicyclic) bond motifs is 1. The first-order valence-electron chi connectivity index (χ1n) is 7.57. The molecule has 1 aliphatic heterocycles. The van der Waals surface area contributed by atoms with Crippen molar-refractivity contribution in [2.75, 3.05) is 0 Å². The van der Waals surface area contributed by atoms with Crippen molar-refractivity contribution in [1.82, 2.24) is 5.32 Å². The summed E-state index contributed by atoms with van der Waals surface area (Å²) < 4.78 is 0. The normalized spacial score (nSPS) is 30.8. The molecule has 3 heteroatoms. The molecule has 1 heterocycles. The summed E-state index contributed by atoms with van der Waals surface area (Å²) in [5, 5.41) is 2.48. The molecule has 104 valence electrons. The lowest BCUT2D eigenvalue weighted by atomic mass is 9.64. The Morgan fingerprint density at radius 2 is 1.40 bits per heavy atom. The Balaban J connectivity index is 1.77. The fourth-order valence-electron chi connectivity index (χ4n) is 4.89. The molecule has 1 aromatic rings. The largest absolute Gasteiger partial charge is 0.296 e. The third-order valence-electron chi connectivity index (χ3n) is 5.80. The SMILES string of the molecule is O=C1CC2(CC(=O)N1)C1CCC2Cc2ccccc2C1. The Bertz CT molecular complexity index is 541. The predicted molar refractivity (Wildman–Crippen MR) is 74.9 cm³/mol. The first kappa shape index (κ1) is 12.1. The van der Waals surface area contributed by atoms with E-state index in [-0.39, 0.29) is 17.2 Å². The van der Waals surface area contributed by atoms with Crippen molar-refractivity contribution in [3.63, 3.8) is 0 Å². The van der Waals surface area contributed by atoms with Gasteiger partial charge in [0.15, 0.2) is 0 Å². The van der Waals surface area contributed by atoms with Crippen molar-refractivity contribution in [3.05, 3.63) is 35.4 Å². The quantitative estimate of drug-likeness (QED) is 0.734. The Morgan fingerprint density at radius 3 is 1.90 bits per heavy atom. The highest BCUT2D eigenvalue weighted by Gasteiger charge is 2.54. The minimum Gasteiger partial charge on any atom is -0.296 e. The Hall–Kier alpha value is -1.64. The highest BCUT2D eigenvalue weighted by atomic mass is 16.2. The molecule has 0 radical (unpaired) electrons. The lowest BCUT2D eigenvalue weighted by Gasteiger charge is -2.41. The molecule has 2 unspecified atom stereocenters. The molecule has 1 aromatic carbocycles. The number of nitrogens with one attached hydrogen (secondary N) is 1. The van der Waals surface area contributed by atoms with Gasteiger partial charge >= 0.3 is 0 Å². The molecule has 1 spiro atoms. The number of amides is 2. The molecule has 3 aliphatic rings. The fraction of sp³-hybridized carbons (Fsp3) is 0.529. The number of piperidine rings is 1. The average molecular weight is 269 g/mol. The zero-order valence-corrected chi connectivity index (χ0v) is 11.5. The van der Waals surface area contributed by atoms with Crippen LogP contribution in [0.5, 0.6) is 0 Å². The van der Waals surface area contributed by atoms with Crippen molar-refractivity contribution >= 4 is 11.8 Å². The highest BCUT2D eigenvalue weighted by Crippen LogP contribution is 2.57. The Labute approximate surface area is 118 Å². The van der Waals surface area contributed by atoms with E-state index in [2.05, 4.69) is 29.6 Å². The first-order valence-corrected chi connectivity index (χ1v) is 7.57. The molecule has 2 bridgehead atoms. The highest BCUT2D eigenvalue weighted by molar-refractivity contribution is 5.98. The van der Waals surface area contributed by atoms with Crippen LogP contribution in [0, 0.1) is 17.3 Å². The maximum atomic E-state index is 11.9. The van der Waals surface area contributed by atoms with Crippen molar-refractivity contribution in [2.45, 2.75) is 38.5 Å². The van der Waals surface area contributed by atoms with Gasteiger partial charge in [0.2, 0.25) is 11.8 Å². The van der Waals surface area contributed by atoms with Crippen molar-refractivity contribution in [1.29, 1.82) is 0 Å². The number of carbonyl (C=O) groups excluding carboxylic acids is 2. The van der Waals surface area contributed by atoms with Crippen LogP contribution in [-0.2, 0) is 22.4 Å². The van der Waals surface area contributed by atoms with E-state index in [1.165, 1.54) is 24.0 Å². The van der Waals surface area contributed by atoms with Gasteiger partial charge < -0.3 is 0 Å². The number of benzene rings is 1. The second kappa shape index (κ2) is 4.18. The van der Waals surface area contributed by atoms with Crippen LogP contribution in [0.1, 0.15) is 36.8 Å². The van der Waals surface area contributed by atoms with Crippen LogP contribution in [0.25, 0.3) is 0 Å². The van der Waals surface area contributed by atoms with E-state index in [1.54, 1.807) is 0 Å². The van der Waals surface area contributed by atoms with E-state index in [9.17, 15) is 9.59 Å². The summed E-state index contributed by atoms with van der Waals surface area (Å²) in [7, 11) is 0. The molecule has 4 rings (SSSR count). The standard InChI is InChI=1S/C17H19NO2/c19-15-9-17(10-16(20)18-15)13-5-6-14(17)8-12-4-2-1-3-11(12)7-13/h1-4,13-14H,5-10H2,(H,18,19,20). The summed E-state index contributed by atoms with van der Waals surface area (Å²) in [5.74, 6) is 0.852. The Morgan fingerprint density at radius 1 is 0.900 bits per heavy atom. The van der Waals surface area contributed by atoms with Gasteiger partial charge in [-0.15, -0.1) is 0 Å². The minimum atomic E-state index is -0.0710. The molecule has 2 aliphatic carbocycles. The van der Waals surface area contributed by atoms with Gasteiger partial charge in [-0.2, -0.15) is 0 Å². The maximum Gasteiger partial charge on any atom is 0.227 e. The zero-order chi connectivity index (χ0) is 13.7. The molecule has 2 atom stereocenters. The molecule has 1 N–H and O–H groups in total. The summed E-state index contributed by atoms with van der Waals surface area (Å²) in [6.07, 6.45) is 5.49. The van der Waals surface area contributed by atoms with Crippen LogP contribution in [0.15, 0.2) is 24.3 Å². The van der Waals surface area contributed by atoms with Gasteiger partial charge in [-0.1, -0.05) is 24.3 Å². The first-order chi connectivity index (χ1) is 9.67. The molecular weight excluding hydrogens is 250 g/mol. The topological polar surface area (TPSA) is 46.2 Å². The Kier molecular flexibility index (Phi) is 2.53. The second-order valence-electron chi connectivity index (χ2n) is 6.71. The number of carbonyl (C=O) groups is 2. The molecule has 20 heavy (non-hydrogen) atoms. The van der Waals surface area contributed by atoms with E-state index in [1.807, 2.05) is 0 Å². The lowest BCUT2D eigenvalue weighted by molar-refractivity contribution is -0.140. The van der Waals surface area contributed by atoms with Gasteiger partial charge in [0.1, 0.15) is 0 Å². The van der Waals surface area contributed by atoms with E-state index < -0.39 is 0 Å². The van der Waals surface area contributed by atoms with Crippen LogP contribution in [0.3, 0.4) is 0 Å². The van der Waals surface area contributed by atoms with Crippen LogP contribution in [0.4, 0.5) is 0 Å². The average Bonchev–Trinajstić information content (AvgIpc) is 2.60. The van der Waals surface area contributed by atoms with Crippen LogP contribution < -0.4 is 5.32 Å². The summed E-state index contributed by atoms with van der Waals surface area (Å²) >= 11 is 0. The molecule has 2 fully saturated rings. The predicted octanol–water partition coefficient (Wildman–Crippen LogP) is 2.23. The summed E-state index contributed by atoms with van der Waals surface area (Å²) in [6.45, 7) is 0. The molecule has 2 amide bonds. The van der Waals surface area contributed by atoms with E-state index in [0.29, 0.717) is 24.7 Å². The van der Waals surface area contributed by atoms with Crippen molar-refractivity contribution in [3.8, 4) is 0 Å². The second-order valence-corrected chi connectivity index (χ2v) is 6.71. The smallest absolute Gasteiger partial charge is 0.227 e. The van der Waals surface area contributed by atoms with Crippen molar-refractivity contribution < 1.29 is 9.59 Å². The van der Waals surface area contributed by atoms with Gasteiger partial charge in [-0.3, -0.25) is 14.9 Å². The monoisotopic (exact) mass is 269 g/mol. The fourth-order valence-corrected chi connectivity index (χ4v) is 4.89. The number of hydrogen-bond acceptors (Lipinski definition) is 2. The van der Waals surface area contributed by atoms with Gasteiger partial charge in [0, 0.05) is 12.8 Å². The molecule has 1 saturated heterocycles. The van der Waals surface area contributed by atoms with E-state index in [0.717, 1.165) is 12.8 Å². The van der Waals surface area contributed by atoms with Crippen molar-refractivity contribution in [2.24, 2.45) is 17.3 Å². The lowest BCUT2D eigenvalue weighted by Crippen LogP contribution is -2.49. The van der Waals surface area contributed by atoms with Gasteiger partial charge in [0.05, 0.1) is 0 Å². The third-order valence-corrected chi connectivity index (χ3v) is 5.80. The number of hydrogen-bond donors (Lipinski definition) is 1. The van der Waals surface area contributed by atoms with E-state index in [4.69, 9.17) is 0 Å². The molecular formula is C17H19NO2. The van der Waals surface area contributed by atoms with Crippen LogP contribution in [0.2, 0.25) is 0 Å². The summed E-state index contributed by atoms with van der Waals surface area (Å²) in [4.78, 5) is 23.8. The zero-order valence-electron chi connectivity index (χ0n) is 11.5.